The lowest BCUT2D eigenvalue weighted by molar-refractivity contribution is -0.140. The highest BCUT2D eigenvalue weighted by Gasteiger charge is 2.44. The fourth-order valence-corrected chi connectivity index (χ4v) is 3.01. The monoisotopic (exact) mass is 312 g/mol. The van der Waals surface area contributed by atoms with Crippen LogP contribution in [0, 0.1) is 0 Å². The number of amides is 1. The zero-order valence-electron chi connectivity index (χ0n) is 12.6. The minimum absolute atomic E-state index is 0.139. The summed E-state index contributed by atoms with van der Waals surface area (Å²) >= 11 is 1.49. The van der Waals surface area contributed by atoms with E-state index in [0.717, 1.165) is 5.75 Å². The van der Waals surface area contributed by atoms with Crippen LogP contribution in [0.5, 0.6) is 0 Å². The quantitative estimate of drug-likeness (QED) is 0.743. The van der Waals surface area contributed by atoms with Gasteiger partial charge in [-0.05, 0) is 19.6 Å². The van der Waals surface area contributed by atoms with E-state index in [4.69, 9.17) is 4.74 Å². The molecule has 0 saturated heterocycles. The summed E-state index contributed by atoms with van der Waals surface area (Å²) in [5, 5.41) is 5.25. The molecule has 0 saturated carbocycles. The van der Waals surface area contributed by atoms with Crippen molar-refractivity contribution >= 4 is 28.8 Å². The molecule has 2 N–H and O–H groups in total. The number of fused-ring (bicyclic) bond motifs is 1. The first-order chi connectivity index (χ1) is 9.99. The van der Waals surface area contributed by atoms with E-state index in [1.165, 1.54) is 23.7 Å². The lowest BCUT2D eigenvalue weighted by Crippen LogP contribution is -2.61. The number of nitrogens with one attached hydrogen (secondary N) is 2. The van der Waals surface area contributed by atoms with Crippen LogP contribution in [0.15, 0.2) is 16.3 Å². The lowest BCUT2D eigenvalue weighted by Gasteiger charge is -2.36. The average Bonchev–Trinajstić information content (AvgIpc) is 2.74. The Balaban J connectivity index is 2.34. The Morgan fingerprint density at radius 1 is 1.43 bits per heavy atom. The van der Waals surface area contributed by atoms with Crippen molar-refractivity contribution in [2.24, 2.45) is 4.99 Å². The zero-order chi connectivity index (χ0) is 15.6. The molecule has 2 rings (SSSR count). The van der Waals surface area contributed by atoms with Gasteiger partial charge in [-0.1, -0.05) is 18.7 Å². The number of hydrogen-bond donors (Lipinski definition) is 2. The molecule has 0 spiro atoms. The molecule has 0 unspecified atom stereocenters. The zero-order valence-corrected chi connectivity index (χ0v) is 13.4. The molecule has 0 radical (unpaired) electrons. The van der Waals surface area contributed by atoms with E-state index in [1.54, 1.807) is 13.8 Å². The maximum absolute atomic E-state index is 12.1. The van der Waals surface area contributed by atoms with Gasteiger partial charge in [-0.3, -0.25) is 10.2 Å². The maximum Gasteiger partial charge on any atom is 0.338 e. The van der Waals surface area contributed by atoms with Gasteiger partial charge in [0.05, 0.1) is 12.2 Å². The van der Waals surface area contributed by atoms with Gasteiger partial charge in [0.25, 0.3) is 0 Å². The molecule has 0 fully saturated rings. The minimum atomic E-state index is -0.441. The number of rotatable bonds is 3. The number of nitrogens with zero attached hydrogens (tertiary/aromatic N) is 2. The summed E-state index contributed by atoms with van der Waals surface area (Å²) in [6.07, 6.45) is -0.400. The van der Waals surface area contributed by atoms with Gasteiger partial charge in [0.2, 0.25) is 5.91 Å². The Hall–Kier alpha value is -1.70. The number of ether oxygens (including phenoxy) is 1. The molecular weight excluding hydrogens is 292 g/mol. The number of hydrazine groups is 1. The Kier molecular flexibility index (Phi) is 4.76. The second-order valence-electron chi connectivity index (χ2n) is 4.66. The molecular formula is C13H20N4O3S. The van der Waals surface area contributed by atoms with Crippen molar-refractivity contribution in [2.75, 3.05) is 12.4 Å². The summed E-state index contributed by atoms with van der Waals surface area (Å²) in [7, 11) is 0. The third kappa shape index (κ3) is 2.99. The van der Waals surface area contributed by atoms with Crippen LogP contribution in [0.1, 0.15) is 27.7 Å². The number of hydrogen-bond acceptors (Lipinski definition) is 7. The van der Waals surface area contributed by atoms with Crippen LogP contribution >= 0.6 is 11.8 Å². The molecule has 2 aliphatic rings. The number of thioether (sulfide) groups is 1. The second kappa shape index (κ2) is 6.38. The van der Waals surface area contributed by atoms with Crippen molar-refractivity contribution in [3.8, 4) is 0 Å². The number of carbonyl (C=O) groups is 2. The van der Waals surface area contributed by atoms with Crippen molar-refractivity contribution in [2.45, 2.75) is 39.9 Å². The highest BCUT2D eigenvalue weighted by molar-refractivity contribution is 8.13. The molecule has 0 aromatic heterocycles. The first-order valence-electron chi connectivity index (χ1n) is 6.91. The van der Waals surface area contributed by atoms with E-state index in [-0.39, 0.29) is 11.9 Å². The third-order valence-electron chi connectivity index (χ3n) is 3.23. The highest BCUT2D eigenvalue weighted by atomic mass is 32.2. The standard InChI is InChI=1S/C13H20N4O3S/c1-5-20-12(19)9-7(3)14-11-10(9)15-13(21-6-2)16-17(11)8(4)18/h10-11,14H,5-6H2,1-4H3,(H,15,16)/t10-,11-/m1/s1. The maximum atomic E-state index is 12.1. The number of allylic oxidation sites excluding steroid dienone is 1. The molecule has 1 amide bonds. The van der Waals surface area contributed by atoms with Crippen LogP contribution in [0.4, 0.5) is 0 Å². The third-order valence-corrected chi connectivity index (χ3v) is 3.99. The van der Waals surface area contributed by atoms with Crippen molar-refractivity contribution in [1.29, 1.82) is 0 Å². The topological polar surface area (TPSA) is 83.0 Å². The summed E-state index contributed by atoms with van der Waals surface area (Å²) < 4.78 is 5.10. The van der Waals surface area contributed by atoms with Crippen LogP contribution in [0.2, 0.25) is 0 Å². The van der Waals surface area contributed by atoms with Gasteiger partial charge in [0, 0.05) is 12.6 Å². The molecule has 0 aromatic rings. The molecule has 0 aliphatic carbocycles. The van der Waals surface area contributed by atoms with Gasteiger partial charge in [-0.2, -0.15) is 0 Å². The largest absolute Gasteiger partial charge is 0.463 e. The minimum Gasteiger partial charge on any atom is -0.463 e. The molecule has 2 aliphatic heterocycles. The van der Waals surface area contributed by atoms with Gasteiger partial charge in [0.15, 0.2) is 5.17 Å². The highest BCUT2D eigenvalue weighted by Crippen LogP contribution is 2.29. The summed E-state index contributed by atoms with van der Waals surface area (Å²) in [5.74, 6) is 0.296. The summed E-state index contributed by atoms with van der Waals surface area (Å²) in [5.41, 5.74) is 4.18. The summed E-state index contributed by atoms with van der Waals surface area (Å²) in [6, 6.07) is -0.441. The van der Waals surface area contributed by atoms with Gasteiger partial charge in [-0.15, -0.1) is 0 Å². The van der Waals surface area contributed by atoms with Crippen LogP contribution in [0.3, 0.4) is 0 Å². The van der Waals surface area contributed by atoms with Crippen LogP contribution < -0.4 is 10.7 Å². The Morgan fingerprint density at radius 2 is 2.14 bits per heavy atom. The SMILES string of the molecule is CCOC(=O)C1=C(C)N[C@H]2[C@@H]1N=C(SCC)NN2C(C)=O. The molecule has 2 atom stereocenters. The Morgan fingerprint density at radius 3 is 2.71 bits per heavy atom. The predicted octanol–water partition coefficient (Wildman–Crippen LogP) is 0.597. The second-order valence-corrected chi connectivity index (χ2v) is 5.91. The molecule has 0 bridgehead atoms. The molecule has 2 heterocycles. The van der Waals surface area contributed by atoms with Crippen molar-refractivity contribution in [3.63, 3.8) is 0 Å². The average molecular weight is 312 g/mol. The van der Waals surface area contributed by atoms with E-state index in [9.17, 15) is 9.59 Å². The summed E-state index contributed by atoms with van der Waals surface area (Å²) in [6.45, 7) is 7.34. The first-order valence-corrected chi connectivity index (χ1v) is 7.89. The van der Waals surface area contributed by atoms with E-state index in [2.05, 4.69) is 15.7 Å². The van der Waals surface area contributed by atoms with Crippen LogP contribution in [-0.4, -0.2) is 46.6 Å². The Labute approximate surface area is 128 Å². The van der Waals surface area contributed by atoms with Gasteiger partial charge in [0.1, 0.15) is 12.2 Å². The molecule has 116 valence electrons. The summed E-state index contributed by atoms with van der Waals surface area (Å²) in [4.78, 5) is 28.5. The van der Waals surface area contributed by atoms with Crippen LogP contribution in [0.25, 0.3) is 0 Å². The first kappa shape index (κ1) is 15.7. The number of carbonyl (C=O) groups excluding carboxylic acids is 2. The number of amidine groups is 1. The van der Waals surface area contributed by atoms with Gasteiger partial charge in [-0.25, -0.2) is 14.8 Å². The molecule has 7 nitrogen and oxygen atoms in total. The number of esters is 1. The fourth-order valence-electron chi connectivity index (χ4n) is 2.39. The molecule has 0 aromatic carbocycles. The fraction of sp³-hybridized carbons (Fsp3) is 0.615. The van der Waals surface area contributed by atoms with Gasteiger partial charge >= 0.3 is 5.97 Å². The smallest absolute Gasteiger partial charge is 0.338 e. The van der Waals surface area contributed by atoms with Crippen molar-refractivity contribution in [3.05, 3.63) is 11.3 Å². The normalized spacial score (nSPS) is 24.0. The Bertz CT molecular complexity index is 518. The molecule has 21 heavy (non-hydrogen) atoms. The van der Waals surface area contributed by atoms with Crippen LogP contribution in [-0.2, 0) is 14.3 Å². The molecule has 8 heteroatoms. The van der Waals surface area contributed by atoms with E-state index in [1.807, 2.05) is 6.92 Å². The van der Waals surface area contributed by atoms with E-state index >= 15 is 0 Å². The van der Waals surface area contributed by atoms with Crippen molar-refractivity contribution in [1.82, 2.24) is 15.8 Å². The van der Waals surface area contributed by atoms with E-state index in [0.29, 0.717) is 23.0 Å². The van der Waals surface area contributed by atoms with Gasteiger partial charge < -0.3 is 10.1 Å². The predicted molar refractivity (Wildman–Crippen MR) is 81.3 cm³/mol. The number of aliphatic imine (C=N–C) groups is 1. The van der Waals surface area contributed by atoms with Crippen molar-refractivity contribution < 1.29 is 14.3 Å². The van der Waals surface area contributed by atoms with E-state index < -0.39 is 12.2 Å². The lowest BCUT2D eigenvalue weighted by atomic mass is 10.1.